The molecule has 4 nitrogen and oxygen atoms in total. The molecule has 1 amide bonds. The number of rotatable bonds is 3. The van der Waals surface area contributed by atoms with Crippen molar-refractivity contribution in [1.82, 2.24) is 4.90 Å². The largest absolute Gasteiger partial charge is 0.444 e. The summed E-state index contributed by atoms with van der Waals surface area (Å²) >= 11 is 0. The third-order valence-electron chi connectivity index (χ3n) is 1.99. The Balaban J connectivity index is 2.30. The van der Waals surface area contributed by atoms with Crippen LogP contribution in [-0.2, 0) is 9.47 Å². The maximum absolute atomic E-state index is 12.5. The lowest BCUT2D eigenvalue weighted by molar-refractivity contribution is -0.285. The molecule has 17 heavy (non-hydrogen) atoms. The number of alkyl halides is 3. The Bertz CT molecular complexity index is 285. The van der Waals surface area contributed by atoms with Gasteiger partial charge in [-0.1, -0.05) is 0 Å². The van der Waals surface area contributed by atoms with Crippen LogP contribution in [0.2, 0.25) is 0 Å². The first-order valence-electron chi connectivity index (χ1n) is 5.22. The second-order valence-corrected chi connectivity index (χ2v) is 4.90. The summed E-state index contributed by atoms with van der Waals surface area (Å²) in [5.74, 6) is 0. The normalized spacial score (nSPS) is 17.9. The average molecular weight is 255 g/mol. The van der Waals surface area contributed by atoms with Crippen molar-refractivity contribution >= 4 is 6.09 Å². The van der Waals surface area contributed by atoms with E-state index in [1.807, 2.05) is 0 Å². The highest BCUT2D eigenvalue weighted by atomic mass is 19.3. The van der Waals surface area contributed by atoms with Crippen molar-refractivity contribution in [1.29, 1.82) is 0 Å². The van der Waals surface area contributed by atoms with Gasteiger partial charge >= 0.3 is 12.2 Å². The summed E-state index contributed by atoms with van der Waals surface area (Å²) in [5.41, 5.74) is -0.633. The molecule has 0 aliphatic carbocycles. The van der Waals surface area contributed by atoms with E-state index in [1.165, 1.54) is 4.90 Å². The Morgan fingerprint density at radius 2 is 1.88 bits per heavy atom. The van der Waals surface area contributed by atoms with Gasteiger partial charge in [-0.25, -0.2) is 9.18 Å². The van der Waals surface area contributed by atoms with Crippen molar-refractivity contribution in [3.8, 4) is 0 Å². The molecule has 7 heteroatoms. The fraction of sp³-hybridized carbons (Fsp3) is 0.900. The van der Waals surface area contributed by atoms with Gasteiger partial charge < -0.3 is 14.4 Å². The summed E-state index contributed by atoms with van der Waals surface area (Å²) in [6, 6.07) is 0. The smallest absolute Gasteiger partial charge is 0.410 e. The van der Waals surface area contributed by atoms with Crippen LogP contribution in [-0.4, -0.2) is 48.6 Å². The minimum absolute atomic E-state index is 0.00942. The molecule has 0 aromatic rings. The summed E-state index contributed by atoms with van der Waals surface area (Å²) in [6.07, 6.45) is -5.20. The summed E-state index contributed by atoms with van der Waals surface area (Å²) in [5, 5.41) is 0. The van der Waals surface area contributed by atoms with Crippen LogP contribution in [0.4, 0.5) is 18.0 Å². The van der Waals surface area contributed by atoms with Crippen LogP contribution in [0.5, 0.6) is 0 Å². The second kappa shape index (κ2) is 4.72. The Morgan fingerprint density at radius 3 is 2.29 bits per heavy atom. The molecule has 1 heterocycles. The molecule has 1 aliphatic rings. The van der Waals surface area contributed by atoms with Crippen molar-refractivity contribution in [2.75, 3.05) is 19.8 Å². The summed E-state index contributed by atoms with van der Waals surface area (Å²) in [7, 11) is 0. The summed E-state index contributed by atoms with van der Waals surface area (Å²) in [6.45, 7) is 3.23. The lowest BCUT2D eigenvalue weighted by atomic mass is 10.2. The quantitative estimate of drug-likeness (QED) is 0.776. The molecule has 0 aromatic heterocycles. The number of ether oxygens (including phenoxy) is 2. The van der Waals surface area contributed by atoms with E-state index in [0.717, 1.165) is 0 Å². The van der Waals surface area contributed by atoms with E-state index >= 15 is 0 Å². The molecule has 0 atom stereocenters. The molecule has 0 saturated carbocycles. The fourth-order valence-electron chi connectivity index (χ4n) is 1.26. The molecule has 0 N–H and O–H groups in total. The molecular formula is C10H16F3NO3. The lowest BCUT2D eigenvalue weighted by Crippen LogP contribution is -2.57. The third kappa shape index (κ3) is 4.41. The van der Waals surface area contributed by atoms with Gasteiger partial charge in [0.1, 0.15) is 5.60 Å². The zero-order chi connectivity index (χ0) is 13.3. The Kier molecular flexibility index (Phi) is 3.91. The van der Waals surface area contributed by atoms with Crippen LogP contribution in [0.1, 0.15) is 20.8 Å². The monoisotopic (exact) mass is 255 g/mol. The molecule has 1 aliphatic heterocycles. The minimum Gasteiger partial charge on any atom is -0.444 e. The van der Waals surface area contributed by atoms with Crippen LogP contribution >= 0.6 is 0 Å². The van der Waals surface area contributed by atoms with Gasteiger partial charge in [0.05, 0.1) is 19.2 Å². The van der Waals surface area contributed by atoms with Crippen molar-refractivity contribution < 1.29 is 27.4 Å². The Hall–Kier alpha value is -0.980. The highest BCUT2D eigenvalue weighted by Gasteiger charge is 2.41. The SMILES string of the molecule is CC(C)(C)OC(=O)N1CC(OC(F)(F)CF)C1. The number of carbonyl (C=O) groups excluding carboxylic acids is 1. The molecule has 0 spiro atoms. The van der Waals surface area contributed by atoms with E-state index in [2.05, 4.69) is 4.74 Å². The molecular weight excluding hydrogens is 239 g/mol. The van der Waals surface area contributed by atoms with Crippen LogP contribution in [0.25, 0.3) is 0 Å². The predicted octanol–water partition coefficient (Wildman–Crippen LogP) is 2.18. The number of halogens is 3. The number of likely N-dealkylation sites (tertiary alicyclic amines) is 1. The van der Waals surface area contributed by atoms with Gasteiger partial charge in [-0.15, -0.1) is 0 Å². The maximum Gasteiger partial charge on any atom is 0.410 e. The standard InChI is InChI=1S/C10H16F3NO3/c1-9(2,3)17-8(15)14-4-7(5-14)16-10(12,13)6-11/h7H,4-6H2,1-3H3. The molecule has 1 fully saturated rings. The molecule has 0 aromatic carbocycles. The fourth-order valence-corrected chi connectivity index (χ4v) is 1.26. The molecule has 0 unspecified atom stereocenters. The van der Waals surface area contributed by atoms with Gasteiger partial charge in [-0.2, -0.15) is 8.78 Å². The van der Waals surface area contributed by atoms with Crippen LogP contribution in [0.15, 0.2) is 0 Å². The van der Waals surface area contributed by atoms with Gasteiger partial charge in [0, 0.05) is 0 Å². The highest BCUT2D eigenvalue weighted by Crippen LogP contribution is 2.24. The summed E-state index contributed by atoms with van der Waals surface area (Å²) < 4.78 is 46.0. The lowest BCUT2D eigenvalue weighted by Gasteiger charge is -2.40. The number of nitrogens with zero attached hydrogens (tertiary/aromatic N) is 1. The van der Waals surface area contributed by atoms with E-state index in [-0.39, 0.29) is 13.1 Å². The molecule has 1 rings (SSSR count). The van der Waals surface area contributed by atoms with Gasteiger partial charge in [-0.3, -0.25) is 0 Å². The van der Waals surface area contributed by atoms with Crippen molar-refractivity contribution in [2.24, 2.45) is 0 Å². The van der Waals surface area contributed by atoms with Crippen LogP contribution in [0.3, 0.4) is 0 Å². The molecule has 100 valence electrons. The van der Waals surface area contributed by atoms with Crippen LogP contribution in [0, 0.1) is 0 Å². The number of carbonyl (C=O) groups is 1. The molecule has 1 saturated heterocycles. The number of hydrogen-bond acceptors (Lipinski definition) is 3. The Labute approximate surface area is 97.7 Å². The second-order valence-electron chi connectivity index (χ2n) is 4.90. The summed E-state index contributed by atoms with van der Waals surface area (Å²) in [4.78, 5) is 12.6. The first-order valence-corrected chi connectivity index (χ1v) is 5.22. The molecule has 0 radical (unpaired) electrons. The van der Waals surface area contributed by atoms with E-state index in [4.69, 9.17) is 4.74 Å². The third-order valence-corrected chi connectivity index (χ3v) is 1.99. The molecule has 0 bridgehead atoms. The van der Waals surface area contributed by atoms with Crippen molar-refractivity contribution in [3.63, 3.8) is 0 Å². The first kappa shape index (κ1) is 14.1. The van der Waals surface area contributed by atoms with Crippen molar-refractivity contribution in [3.05, 3.63) is 0 Å². The maximum atomic E-state index is 12.5. The zero-order valence-corrected chi connectivity index (χ0v) is 10.0. The van der Waals surface area contributed by atoms with Gasteiger partial charge in [0.25, 0.3) is 0 Å². The topological polar surface area (TPSA) is 38.8 Å². The van der Waals surface area contributed by atoms with E-state index in [1.54, 1.807) is 20.8 Å². The van der Waals surface area contributed by atoms with E-state index in [0.29, 0.717) is 0 Å². The first-order chi connectivity index (χ1) is 7.63. The van der Waals surface area contributed by atoms with E-state index in [9.17, 15) is 18.0 Å². The van der Waals surface area contributed by atoms with Crippen molar-refractivity contribution in [2.45, 2.75) is 38.6 Å². The number of amides is 1. The van der Waals surface area contributed by atoms with Gasteiger partial charge in [0.2, 0.25) is 0 Å². The highest BCUT2D eigenvalue weighted by molar-refractivity contribution is 5.69. The zero-order valence-electron chi connectivity index (χ0n) is 10.0. The average Bonchev–Trinajstić information content (AvgIpc) is 2.07. The van der Waals surface area contributed by atoms with Gasteiger partial charge in [0.15, 0.2) is 6.67 Å². The van der Waals surface area contributed by atoms with Gasteiger partial charge in [-0.05, 0) is 20.8 Å². The predicted molar refractivity (Wildman–Crippen MR) is 53.6 cm³/mol. The van der Waals surface area contributed by atoms with Crippen LogP contribution < -0.4 is 0 Å². The Morgan fingerprint density at radius 1 is 1.35 bits per heavy atom. The number of hydrogen-bond donors (Lipinski definition) is 0. The minimum atomic E-state index is -3.77. The van der Waals surface area contributed by atoms with E-state index < -0.39 is 30.6 Å².